The Morgan fingerprint density at radius 3 is 2.71 bits per heavy atom. The fourth-order valence-electron chi connectivity index (χ4n) is 4.84. The predicted molar refractivity (Wildman–Crippen MR) is 140 cm³/mol. The van der Waals surface area contributed by atoms with E-state index < -0.39 is 0 Å². The average molecular weight is 490 g/mol. The van der Waals surface area contributed by atoms with E-state index in [-0.39, 0.29) is 5.91 Å². The number of benzene rings is 2. The van der Waals surface area contributed by atoms with Gasteiger partial charge in [-0.1, -0.05) is 49.2 Å². The maximum absolute atomic E-state index is 12.6. The van der Waals surface area contributed by atoms with Crippen LogP contribution in [0.25, 0.3) is 22.3 Å². The molecule has 1 saturated carbocycles. The van der Waals surface area contributed by atoms with Crippen molar-refractivity contribution >= 4 is 28.6 Å². The summed E-state index contributed by atoms with van der Waals surface area (Å²) in [4.78, 5) is 15.9. The molecule has 0 saturated heterocycles. The number of aromatic nitrogens is 4. The molecule has 182 valence electrons. The Labute approximate surface area is 209 Å². The zero-order chi connectivity index (χ0) is 24.0. The first kappa shape index (κ1) is 23.5. The number of nitrogens with one attached hydrogen (secondary N) is 2. The van der Waals surface area contributed by atoms with Crippen LogP contribution >= 0.6 is 11.8 Å². The quantitative estimate of drug-likeness (QED) is 0.308. The zero-order valence-electron chi connectivity index (χ0n) is 20.0. The Morgan fingerprint density at radius 2 is 1.91 bits per heavy atom. The summed E-state index contributed by atoms with van der Waals surface area (Å²) in [5, 5.41) is 14.1. The van der Waals surface area contributed by atoms with Crippen molar-refractivity contribution < 1.29 is 9.53 Å². The number of nitrogens with zero attached hydrogens (tertiary/aromatic N) is 3. The van der Waals surface area contributed by atoms with Crippen molar-refractivity contribution in [2.45, 2.75) is 49.7 Å². The normalized spacial score (nSPS) is 14.3. The van der Waals surface area contributed by atoms with E-state index in [1.807, 2.05) is 42.6 Å². The first-order valence-electron chi connectivity index (χ1n) is 12.3. The summed E-state index contributed by atoms with van der Waals surface area (Å²) in [6, 6.07) is 16.5. The van der Waals surface area contributed by atoms with Crippen LogP contribution in [0.5, 0.6) is 5.75 Å². The van der Waals surface area contributed by atoms with Gasteiger partial charge in [0.15, 0.2) is 11.0 Å². The third-order valence-corrected chi connectivity index (χ3v) is 7.62. The van der Waals surface area contributed by atoms with Gasteiger partial charge < -0.3 is 15.0 Å². The monoisotopic (exact) mass is 489 g/mol. The van der Waals surface area contributed by atoms with E-state index >= 15 is 0 Å². The SMILES string of the molecule is COc1ccc(-c2nnc(SCC(=O)NCCc3c[nH]c4ccccc34)n2C2CCCCC2)cc1. The van der Waals surface area contributed by atoms with Crippen molar-refractivity contribution in [1.29, 1.82) is 0 Å². The number of thioether (sulfide) groups is 1. The fraction of sp³-hybridized carbons (Fsp3) is 0.370. The number of H-pyrrole nitrogens is 1. The number of fused-ring (bicyclic) bond motifs is 1. The highest BCUT2D eigenvalue weighted by atomic mass is 32.2. The second-order valence-corrected chi connectivity index (χ2v) is 9.89. The Bertz CT molecular complexity index is 1270. The highest BCUT2D eigenvalue weighted by Gasteiger charge is 2.24. The third kappa shape index (κ3) is 5.37. The van der Waals surface area contributed by atoms with E-state index in [1.165, 1.54) is 42.0 Å². The molecule has 7 nitrogen and oxygen atoms in total. The number of carbonyl (C=O) groups is 1. The Kier molecular flexibility index (Phi) is 7.37. The van der Waals surface area contributed by atoms with Crippen LogP contribution in [-0.4, -0.2) is 45.1 Å². The van der Waals surface area contributed by atoms with Gasteiger partial charge in [0.25, 0.3) is 0 Å². The van der Waals surface area contributed by atoms with Crippen molar-refractivity contribution in [3.63, 3.8) is 0 Å². The van der Waals surface area contributed by atoms with Crippen molar-refractivity contribution in [3.8, 4) is 17.1 Å². The molecular weight excluding hydrogens is 458 g/mol. The first-order chi connectivity index (χ1) is 17.2. The molecule has 1 fully saturated rings. The number of para-hydroxylation sites is 1. The van der Waals surface area contributed by atoms with Crippen LogP contribution in [0.4, 0.5) is 0 Å². The number of ether oxygens (including phenoxy) is 1. The van der Waals surface area contributed by atoms with Crippen LogP contribution in [0.3, 0.4) is 0 Å². The molecule has 0 aliphatic heterocycles. The standard InChI is InChI=1S/C27H31N5O2S/c1-34-22-13-11-19(12-14-22)26-30-31-27(32(26)21-7-3-2-4-8-21)35-18-25(33)28-16-15-20-17-29-24-10-6-5-9-23(20)24/h5-6,9-14,17,21,29H,2-4,7-8,15-16,18H2,1H3,(H,28,33). The van der Waals surface area contributed by atoms with Gasteiger partial charge in [-0.2, -0.15) is 0 Å². The van der Waals surface area contributed by atoms with E-state index in [9.17, 15) is 4.79 Å². The summed E-state index contributed by atoms with van der Waals surface area (Å²) >= 11 is 1.47. The predicted octanol–water partition coefficient (Wildman–Crippen LogP) is 5.39. The van der Waals surface area contributed by atoms with Gasteiger partial charge in [0.2, 0.25) is 5.91 Å². The molecule has 1 amide bonds. The summed E-state index contributed by atoms with van der Waals surface area (Å²) < 4.78 is 7.56. The summed E-state index contributed by atoms with van der Waals surface area (Å²) in [7, 11) is 1.67. The summed E-state index contributed by atoms with van der Waals surface area (Å²) in [5.74, 6) is 2.01. The minimum atomic E-state index is 0.0130. The molecule has 2 heterocycles. The Hall–Kier alpha value is -3.26. The molecular formula is C27H31N5O2S. The van der Waals surface area contributed by atoms with E-state index in [4.69, 9.17) is 4.74 Å². The molecule has 0 unspecified atom stereocenters. The van der Waals surface area contributed by atoms with Gasteiger partial charge in [-0.3, -0.25) is 9.36 Å². The van der Waals surface area contributed by atoms with Gasteiger partial charge in [0, 0.05) is 35.2 Å². The Balaban J connectivity index is 1.24. The van der Waals surface area contributed by atoms with Gasteiger partial charge in [-0.25, -0.2) is 0 Å². The lowest BCUT2D eigenvalue weighted by Gasteiger charge is -2.25. The first-order valence-corrected chi connectivity index (χ1v) is 13.3. The van der Waals surface area contributed by atoms with Gasteiger partial charge >= 0.3 is 0 Å². The molecule has 0 radical (unpaired) electrons. The lowest BCUT2D eigenvalue weighted by molar-refractivity contribution is -0.118. The summed E-state index contributed by atoms with van der Waals surface area (Å²) in [6.45, 7) is 0.605. The number of hydrogen-bond donors (Lipinski definition) is 2. The smallest absolute Gasteiger partial charge is 0.230 e. The molecule has 5 rings (SSSR count). The van der Waals surface area contributed by atoms with Crippen molar-refractivity contribution in [2.24, 2.45) is 0 Å². The van der Waals surface area contributed by atoms with E-state index in [0.717, 1.165) is 47.1 Å². The molecule has 35 heavy (non-hydrogen) atoms. The van der Waals surface area contributed by atoms with Crippen molar-refractivity contribution in [1.82, 2.24) is 25.1 Å². The van der Waals surface area contributed by atoms with Crippen LogP contribution in [-0.2, 0) is 11.2 Å². The number of carbonyl (C=O) groups excluding carboxylic acids is 1. The van der Waals surface area contributed by atoms with Crippen LogP contribution in [0, 0.1) is 0 Å². The highest BCUT2D eigenvalue weighted by Crippen LogP contribution is 2.35. The van der Waals surface area contributed by atoms with Gasteiger partial charge in [0.1, 0.15) is 5.75 Å². The maximum atomic E-state index is 12.6. The molecule has 0 spiro atoms. The number of amides is 1. The second kappa shape index (κ2) is 11.0. The van der Waals surface area contributed by atoms with Crippen molar-refractivity contribution in [3.05, 3.63) is 60.3 Å². The van der Waals surface area contributed by atoms with Crippen molar-refractivity contribution in [2.75, 3.05) is 19.4 Å². The summed E-state index contributed by atoms with van der Waals surface area (Å²) in [5.41, 5.74) is 3.35. The highest BCUT2D eigenvalue weighted by molar-refractivity contribution is 7.99. The number of hydrogen-bond acceptors (Lipinski definition) is 5. The van der Waals surface area contributed by atoms with Crippen LogP contribution in [0.2, 0.25) is 0 Å². The number of aromatic amines is 1. The molecule has 1 aliphatic carbocycles. The molecule has 8 heteroatoms. The second-order valence-electron chi connectivity index (χ2n) is 8.94. The number of methoxy groups -OCH3 is 1. The van der Waals surface area contributed by atoms with Crippen LogP contribution in [0.15, 0.2) is 59.9 Å². The minimum absolute atomic E-state index is 0.0130. The molecule has 4 aromatic rings. The fourth-order valence-corrected chi connectivity index (χ4v) is 5.67. The topological polar surface area (TPSA) is 84.8 Å². The lowest BCUT2D eigenvalue weighted by Crippen LogP contribution is -2.27. The lowest BCUT2D eigenvalue weighted by atomic mass is 9.95. The maximum Gasteiger partial charge on any atom is 0.230 e. The van der Waals surface area contributed by atoms with E-state index in [2.05, 4.69) is 37.2 Å². The van der Waals surface area contributed by atoms with Gasteiger partial charge in [0.05, 0.1) is 12.9 Å². The molecule has 0 atom stereocenters. The van der Waals surface area contributed by atoms with Crippen LogP contribution < -0.4 is 10.1 Å². The van der Waals surface area contributed by atoms with Crippen LogP contribution in [0.1, 0.15) is 43.7 Å². The number of rotatable bonds is 9. The molecule has 2 aromatic carbocycles. The minimum Gasteiger partial charge on any atom is -0.497 e. The van der Waals surface area contributed by atoms with E-state index in [1.54, 1.807) is 7.11 Å². The molecule has 2 aromatic heterocycles. The molecule has 0 bridgehead atoms. The Morgan fingerprint density at radius 1 is 1.11 bits per heavy atom. The average Bonchev–Trinajstić information content (AvgIpc) is 3.52. The summed E-state index contributed by atoms with van der Waals surface area (Å²) in [6.07, 6.45) is 8.75. The van der Waals surface area contributed by atoms with Gasteiger partial charge in [-0.15, -0.1) is 10.2 Å². The van der Waals surface area contributed by atoms with E-state index in [0.29, 0.717) is 18.3 Å². The zero-order valence-corrected chi connectivity index (χ0v) is 20.8. The molecule has 1 aliphatic rings. The molecule has 2 N–H and O–H groups in total. The largest absolute Gasteiger partial charge is 0.497 e. The third-order valence-electron chi connectivity index (χ3n) is 6.68. The van der Waals surface area contributed by atoms with Gasteiger partial charge in [-0.05, 0) is 55.2 Å².